The van der Waals surface area contributed by atoms with E-state index < -0.39 is 34.8 Å². The summed E-state index contributed by atoms with van der Waals surface area (Å²) in [5.74, 6) is -1.38. The molecule has 1 aromatic carbocycles. The van der Waals surface area contributed by atoms with Gasteiger partial charge in [0, 0.05) is 29.4 Å². The first kappa shape index (κ1) is 25.6. The van der Waals surface area contributed by atoms with Gasteiger partial charge in [-0.05, 0) is 86.0 Å². The van der Waals surface area contributed by atoms with E-state index >= 15 is 0 Å². The molecule has 1 N–H and O–H groups in total. The van der Waals surface area contributed by atoms with Crippen molar-refractivity contribution in [3.63, 3.8) is 0 Å². The van der Waals surface area contributed by atoms with E-state index in [0.29, 0.717) is 6.42 Å². The second-order valence-corrected chi connectivity index (χ2v) is 12.0. The van der Waals surface area contributed by atoms with Gasteiger partial charge in [-0.25, -0.2) is 4.39 Å². The molecule has 3 aliphatic carbocycles. The fourth-order valence-electron chi connectivity index (χ4n) is 8.34. The van der Waals surface area contributed by atoms with Crippen LogP contribution < -0.4 is 5.32 Å². The summed E-state index contributed by atoms with van der Waals surface area (Å²) in [5, 5.41) is 2.52. The molecule has 0 saturated heterocycles. The number of anilines is 1. The van der Waals surface area contributed by atoms with Crippen LogP contribution in [-0.2, 0) is 15.8 Å². The number of alkyl halides is 3. The monoisotopic (exact) mass is 526 g/mol. The van der Waals surface area contributed by atoms with Gasteiger partial charge in [-0.2, -0.15) is 13.2 Å². The van der Waals surface area contributed by atoms with Crippen LogP contribution >= 0.6 is 11.6 Å². The summed E-state index contributed by atoms with van der Waals surface area (Å²) >= 11 is 5.79. The second-order valence-electron chi connectivity index (χ2n) is 11.6. The Balaban J connectivity index is 1.39. The van der Waals surface area contributed by atoms with Gasteiger partial charge in [0.05, 0.1) is 11.3 Å². The van der Waals surface area contributed by atoms with Crippen LogP contribution in [0.4, 0.5) is 23.2 Å². The van der Waals surface area contributed by atoms with E-state index in [9.17, 15) is 27.2 Å². The van der Waals surface area contributed by atoms with Gasteiger partial charge in [0.25, 0.3) is 5.91 Å². The smallest absolute Gasteiger partial charge is 0.336 e. The Morgan fingerprint density at radius 2 is 1.83 bits per heavy atom. The highest BCUT2D eigenvalue weighted by Gasteiger charge is 2.62. The maximum atomic E-state index is 14.6. The topological polar surface area (TPSA) is 49.4 Å². The summed E-state index contributed by atoms with van der Waals surface area (Å²) in [7, 11) is 1.67. The minimum absolute atomic E-state index is 0.0452. The fraction of sp³-hybridized carbons (Fsp3) is 0.630. The average molecular weight is 527 g/mol. The zero-order valence-corrected chi connectivity index (χ0v) is 21.3. The maximum Gasteiger partial charge on any atom is 0.418 e. The van der Waals surface area contributed by atoms with E-state index in [0.717, 1.165) is 38.2 Å². The molecule has 36 heavy (non-hydrogen) atoms. The molecule has 3 saturated carbocycles. The van der Waals surface area contributed by atoms with Crippen LogP contribution in [0.5, 0.6) is 0 Å². The summed E-state index contributed by atoms with van der Waals surface area (Å²) < 4.78 is 55.3. The van der Waals surface area contributed by atoms with Gasteiger partial charge in [0.1, 0.15) is 0 Å². The summed E-state index contributed by atoms with van der Waals surface area (Å²) in [6.45, 7) is 4.15. The molecule has 7 atom stereocenters. The predicted molar refractivity (Wildman–Crippen MR) is 129 cm³/mol. The van der Waals surface area contributed by atoms with Crippen molar-refractivity contribution in [2.75, 3.05) is 12.4 Å². The molecular formula is C27H31ClF4N2O2. The quantitative estimate of drug-likeness (QED) is 0.428. The van der Waals surface area contributed by atoms with Gasteiger partial charge in [-0.3, -0.25) is 9.59 Å². The van der Waals surface area contributed by atoms with Crippen LogP contribution in [0.1, 0.15) is 57.9 Å². The van der Waals surface area contributed by atoms with Gasteiger partial charge in [-0.15, -0.1) is 0 Å². The van der Waals surface area contributed by atoms with Gasteiger partial charge in [0.15, 0.2) is 5.83 Å². The molecule has 5 rings (SSSR count). The molecule has 1 heterocycles. The van der Waals surface area contributed by atoms with Crippen LogP contribution in [0.15, 0.2) is 30.1 Å². The summed E-state index contributed by atoms with van der Waals surface area (Å²) in [5.41, 5.74) is -2.05. The number of hydrogen-bond donors (Lipinski definition) is 1. The Morgan fingerprint density at radius 3 is 2.53 bits per heavy atom. The number of halogens is 5. The Hall–Kier alpha value is -2.09. The molecular weight excluding hydrogens is 496 g/mol. The lowest BCUT2D eigenvalue weighted by Gasteiger charge is -2.60. The second kappa shape index (κ2) is 8.47. The summed E-state index contributed by atoms with van der Waals surface area (Å²) in [6.07, 6.45) is 1.50. The largest absolute Gasteiger partial charge is 0.418 e. The average Bonchev–Trinajstić information content (AvgIpc) is 3.15. The van der Waals surface area contributed by atoms with Crippen LogP contribution in [0.3, 0.4) is 0 Å². The number of nitrogens with one attached hydrogen (secondary N) is 1. The molecule has 2 amide bonds. The molecule has 2 unspecified atom stereocenters. The van der Waals surface area contributed by atoms with Gasteiger partial charge in [0.2, 0.25) is 5.91 Å². The number of benzene rings is 1. The van der Waals surface area contributed by atoms with Gasteiger partial charge >= 0.3 is 6.18 Å². The lowest BCUT2D eigenvalue weighted by molar-refractivity contribution is -0.144. The van der Waals surface area contributed by atoms with Gasteiger partial charge < -0.3 is 10.2 Å². The first-order valence-corrected chi connectivity index (χ1v) is 13.0. The van der Waals surface area contributed by atoms with Crippen molar-refractivity contribution in [1.29, 1.82) is 0 Å². The maximum absolute atomic E-state index is 14.6. The van der Waals surface area contributed by atoms with Crippen LogP contribution in [0.2, 0.25) is 5.02 Å². The zero-order chi connectivity index (χ0) is 26.2. The Morgan fingerprint density at radius 1 is 1.11 bits per heavy atom. The highest BCUT2D eigenvalue weighted by Crippen LogP contribution is 2.65. The van der Waals surface area contributed by atoms with Crippen molar-refractivity contribution < 1.29 is 27.2 Å². The third kappa shape index (κ3) is 3.77. The molecule has 9 heteroatoms. The molecule has 0 spiro atoms. The number of fused-ring (bicyclic) bond motifs is 5. The number of amides is 2. The first-order chi connectivity index (χ1) is 16.8. The van der Waals surface area contributed by atoms with Crippen molar-refractivity contribution >= 4 is 29.1 Å². The Kier molecular flexibility index (Phi) is 6.01. The molecule has 1 aromatic rings. The van der Waals surface area contributed by atoms with Crippen molar-refractivity contribution in [2.24, 2.45) is 34.5 Å². The van der Waals surface area contributed by atoms with E-state index in [1.807, 2.05) is 0 Å². The number of rotatable bonds is 2. The van der Waals surface area contributed by atoms with Crippen molar-refractivity contribution in [3.05, 3.63) is 40.7 Å². The Bertz CT molecular complexity index is 1140. The van der Waals surface area contributed by atoms with Crippen molar-refractivity contribution in [3.8, 4) is 0 Å². The highest BCUT2D eigenvalue weighted by molar-refractivity contribution is 6.30. The minimum atomic E-state index is -4.64. The first-order valence-electron chi connectivity index (χ1n) is 12.6. The van der Waals surface area contributed by atoms with E-state index in [1.165, 1.54) is 18.2 Å². The standard InChI is InChI=1S/C27H31ClF4N2O2/c1-25-11-10-17-15(5-9-22-26(17,2)13-20(29)24(36)34(22)3)16(25)6-7-18(25)23(35)33-21-8-4-14(28)12-19(21)27(30,31)32/h4,8,12-13,15-18,22H,5-7,9-11H2,1-3H3,(H,33,35)/t15?,16-,17?,18+,22+,25-,26+/m0/s1. The number of nitrogens with zero attached hydrogens (tertiary/aromatic N) is 1. The highest BCUT2D eigenvalue weighted by atomic mass is 35.5. The molecule has 1 aliphatic heterocycles. The molecule has 4 nitrogen and oxygen atoms in total. The number of carbonyl (C=O) groups is 2. The molecule has 4 aliphatic rings. The lowest BCUT2D eigenvalue weighted by Crippen LogP contribution is -2.60. The molecule has 0 bridgehead atoms. The SMILES string of the molecule is CN1C(=O)C(F)=C[C@]2(C)C3CC[C@]4(C)[C@@H](C(=O)Nc5ccc(Cl)cc5C(F)(F)F)CC[C@H]4C3CC[C@@H]12. The summed E-state index contributed by atoms with van der Waals surface area (Å²) in [4.78, 5) is 27.2. The summed E-state index contributed by atoms with van der Waals surface area (Å²) in [6, 6.07) is 3.33. The molecule has 3 fully saturated rings. The van der Waals surface area contributed by atoms with E-state index in [2.05, 4.69) is 19.2 Å². The predicted octanol–water partition coefficient (Wildman–Crippen LogP) is 6.85. The van der Waals surface area contributed by atoms with Gasteiger partial charge in [-0.1, -0.05) is 25.4 Å². The number of hydrogen-bond acceptors (Lipinski definition) is 2. The zero-order valence-electron chi connectivity index (χ0n) is 20.6. The minimum Gasteiger partial charge on any atom is -0.336 e. The lowest BCUT2D eigenvalue weighted by atomic mass is 9.47. The van der Waals surface area contributed by atoms with Crippen LogP contribution in [0.25, 0.3) is 0 Å². The fourth-order valence-corrected chi connectivity index (χ4v) is 8.51. The Labute approximate surface area is 213 Å². The van der Waals surface area contributed by atoms with Crippen molar-refractivity contribution in [1.82, 2.24) is 4.90 Å². The molecule has 196 valence electrons. The van der Waals surface area contributed by atoms with Crippen LogP contribution in [-0.4, -0.2) is 29.8 Å². The normalized spacial score (nSPS) is 38.1. The van der Waals surface area contributed by atoms with E-state index in [4.69, 9.17) is 11.6 Å². The number of carbonyl (C=O) groups excluding carboxylic acids is 2. The third-order valence-electron chi connectivity index (χ3n) is 10.0. The molecule has 0 aromatic heterocycles. The van der Waals surface area contributed by atoms with E-state index in [1.54, 1.807) is 11.9 Å². The van der Waals surface area contributed by atoms with Crippen LogP contribution in [0, 0.1) is 34.5 Å². The number of likely N-dealkylation sites (N-methyl/N-ethyl adjacent to an activating group) is 1. The molecule has 0 radical (unpaired) electrons. The third-order valence-corrected chi connectivity index (χ3v) is 10.3. The van der Waals surface area contributed by atoms with E-state index in [-0.39, 0.29) is 45.8 Å². The van der Waals surface area contributed by atoms with Crippen molar-refractivity contribution in [2.45, 2.75) is 64.6 Å².